The van der Waals surface area contributed by atoms with E-state index in [1.54, 1.807) is 4.90 Å². The first-order valence-corrected chi connectivity index (χ1v) is 6.16. The van der Waals surface area contributed by atoms with Crippen LogP contribution < -0.4 is 16.4 Å². The molecule has 8 heteroatoms. The second-order valence-corrected chi connectivity index (χ2v) is 4.79. The Hall–Kier alpha value is -1.99. The van der Waals surface area contributed by atoms with Crippen LogP contribution >= 0.6 is 0 Å². The Morgan fingerprint density at radius 1 is 1.35 bits per heavy atom. The van der Waals surface area contributed by atoms with Gasteiger partial charge < -0.3 is 16.4 Å². The monoisotopic (exact) mass is 288 g/mol. The largest absolute Gasteiger partial charge is 0.417 e. The van der Waals surface area contributed by atoms with Crippen molar-refractivity contribution in [1.29, 1.82) is 0 Å². The normalized spacial score (nSPS) is 17.2. The molecule has 1 aliphatic heterocycles. The van der Waals surface area contributed by atoms with Crippen molar-refractivity contribution in [3.8, 4) is 0 Å². The minimum Gasteiger partial charge on any atom is -0.382 e. The summed E-state index contributed by atoms with van der Waals surface area (Å²) >= 11 is 0. The van der Waals surface area contributed by atoms with Crippen LogP contribution in [0.25, 0.3) is 0 Å². The highest BCUT2D eigenvalue weighted by atomic mass is 19.4. The molecule has 4 N–H and O–H groups in total. The third kappa shape index (κ3) is 2.94. The Morgan fingerprint density at radius 3 is 2.45 bits per heavy atom. The smallest absolute Gasteiger partial charge is 0.382 e. The van der Waals surface area contributed by atoms with Crippen molar-refractivity contribution < 1.29 is 18.0 Å². The molecule has 0 aliphatic carbocycles. The van der Waals surface area contributed by atoms with Crippen molar-refractivity contribution in [1.82, 2.24) is 4.98 Å². The van der Waals surface area contributed by atoms with Gasteiger partial charge >= 0.3 is 6.18 Å². The lowest BCUT2D eigenvalue weighted by atomic mass is 9.96. The van der Waals surface area contributed by atoms with E-state index >= 15 is 0 Å². The predicted molar refractivity (Wildman–Crippen MR) is 67.8 cm³/mol. The van der Waals surface area contributed by atoms with Gasteiger partial charge in [0, 0.05) is 25.2 Å². The van der Waals surface area contributed by atoms with E-state index in [4.69, 9.17) is 11.5 Å². The SMILES string of the molecule is NC(=O)C1CCN(c2cc(C(F)(F)F)cnc2N)CC1. The molecule has 0 saturated carbocycles. The van der Waals surface area contributed by atoms with E-state index in [0.717, 1.165) is 12.3 Å². The molecule has 0 spiro atoms. The molecule has 0 bridgehead atoms. The highest BCUT2D eigenvalue weighted by Gasteiger charge is 2.33. The second-order valence-electron chi connectivity index (χ2n) is 4.79. The lowest BCUT2D eigenvalue weighted by Crippen LogP contribution is -2.39. The van der Waals surface area contributed by atoms with Crippen molar-refractivity contribution in [2.24, 2.45) is 11.7 Å². The van der Waals surface area contributed by atoms with Crippen LogP contribution in [0.15, 0.2) is 12.3 Å². The summed E-state index contributed by atoms with van der Waals surface area (Å²) in [4.78, 5) is 16.4. The number of carbonyl (C=O) groups is 1. The second kappa shape index (κ2) is 5.18. The number of nitrogens with zero attached hydrogens (tertiary/aromatic N) is 2. The highest BCUT2D eigenvalue weighted by Crippen LogP contribution is 2.34. The van der Waals surface area contributed by atoms with Gasteiger partial charge in [-0.25, -0.2) is 4.98 Å². The number of nitrogens with two attached hydrogens (primary N) is 2. The number of nitrogen functional groups attached to an aromatic ring is 1. The summed E-state index contributed by atoms with van der Waals surface area (Å²) in [5.41, 5.74) is 10.3. The Morgan fingerprint density at radius 2 is 1.95 bits per heavy atom. The number of aromatic nitrogens is 1. The lowest BCUT2D eigenvalue weighted by molar-refractivity contribution is -0.137. The Bertz CT molecular complexity index is 510. The van der Waals surface area contributed by atoms with E-state index in [2.05, 4.69) is 4.98 Å². The molecule has 1 aromatic rings. The number of alkyl halides is 3. The maximum absolute atomic E-state index is 12.7. The number of carbonyl (C=O) groups excluding carboxylic acids is 1. The van der Waals surface area contributed by atoms with Gasteiger partial charge in [-0.3, -0.25) is 4.79 Å². The molecule has 2 heterocycles. The van der Waals surface area contributed by atoms with Gasteiger partial charge in [0.05, 0.1) is 11.3 Å². The summed E-state index contributed by atoms with van der Waals surface area (Å²) in [6.07, 6.45) is -2.73. The first kappa shape index (κ1) is 14.4. The summed E-state index contributed by atoms with van der Waals surface area (Å²) < 4.78 is 38.0. The van der Waals surface area contributed by atoms with Gasteiger partial charge in [0.2, 0.25) is 5.91 Å². The van der Waals surface area contributed by atoms with Crippen LogP contribution in [-0.2, 0) is 11.0 Å². The van der Waals surface area contributed by atoms with Crippen molar-refractivity contribution in [2.75, 3.05) is 23.7 Å². The minimum atomic E-state index is -4.46. The molecule has 1 amide bonds. The molecule has 20 heavy (non-hydrogen) atoms. The van der Waals surface area contributed by atoms with Gasteiger partial charge in [0.25, 0.3) is 0 Å². The summed E-state index contributed by atoms with van der Waals surface area (Å²) in [5, 5.41) is 0. The predicted octanol–water partition coefficient (Wildman–Crippen LogP) is 1.38. The Balaban J connectivity index is 2.19. The molecule has 5 nitrogen and oxygen atoms in total. The van der Waals surface area contributed by atoms with E-state index < -0.39 is 11.7 Å². The number of hydrogen-bond acceptors (Lipinski definition) is 4. The van der Waals surface area contributed by atoms with Gasteiger partial charge in [0.15, 0.2) is 0 Å². The van der Waals surface area contributed by atoms with Gasteiger partial charge in [-0.15, -0.1) is 0 Å². The first-order chi connectivity index (χ1) is 9.29. The fourth-order valence-electron chi connectivity index (χ4n) is 2.28. The summed E-state index contributed by atoms with van der Waals surface area (Å²) in [6.45, 7) is 0.863. The van der Waals surface area contributed by atoms with E-state index in [1.807, 2.05) is 0 Å². The van der Waals surface area contributed by atoms with Crippen LogP contribution in [0, 0.1) is 5.92 Å². The number of hydrogen-bond donors (Lipinski definition) is 2. The van der Waals surface area contributed by atoms with Crippen LogP contribution in [0.3, 0.4) is 0 Å². The van der Waals surface area contributed by atoms with Crippen LogP contribution in [0.5, 0.6) is 0 Å². The fourth-order valence-corrected chi connectivity index (χ4v) is 2.28. The number of piperidine rings is 1. The van der Waals surface area contributed by atoms with Crippen molar-refractivity contribution in [3.05, 3.63) is 17.8 Å². The molecule has 0 radical (unpaired) electrons. The fraction of sp³-hybridized carbons (Fsp3) is 0.500. The van der Waals surface area contributed by atoms with Gasteiger partial charge in [-0.05, 0) is 18.9 Å². The number of anilines is 2. The standard InChI is InChI=1S/C12H15F3N4O/c13-12(14,15)8-5-9(10(16)18-6-8)19-3-1-7(2-4-19)11(17)20/h5-7H,1-4H2,(H2,16,18)(H2,17,20). The molecule has 0 aromatic carbocycles. The van der Waals surface area contributed by atoms with Crippen molar-refractivity contribution >= 4 is 17.4 Å². The summed E-state index contributed by atoms with van der Waals surface area (Å²) in [5.74, 6) is -0.554. The zero-order chi connectivity index (χ0) is 14.9. The molecular formula is C12H15F3N4O. The van der Waals surface area contributed by atoms with Crippen LogP contribution in [0.4, 0.5) is 24.7 Å². The summed E-state index contributed by atoms with van der Waals surface area (Å²) in [6, 6.07) is 0.993. The molecule has 2 rings (SSSR count). The zero-order valence-corrected chi connectivity index (χ0v) is 10.7. The van der Waals surface area contributed by atoms with E-state index in [9.17, 15) is 18.0 Å². The number of halogens is 3. The van der Waals surface area contributed by atoms with E-state index in [-0.39, 0.29) is 23.3 Å². The molecule has 0 unspecified atom stereocenters. The Kier molecular flexibility index (Phi) is 3.74. The van der Waals surface area contributed by atoms with Crippen LogP contribution in [0.1, 0.15) is 18.4 Å². The summed E-state index contributed by atoms with van der Waals surface area (Å²) in [7, 11) is 0. The zero-order valence-electron chi connectivity index (χ0n) is 10.7. The third-order valence-electron chi connectivity index (χ3n) is 3.46. The highest BCUT2D eigenvalue weighted by molar-refractivity contribution is 5.77. The average Bonchev–Trinajstić information content (AvgIpc) is 2.38. The van der Waals surface area contributed by atoms with E-state index in [0.29, 0.717) is 25.9 Å². The first-order valence-electron chi connectivity index (χ1n) is 6.16. The molecule has 1 saturated heterocycles. The maximum atomic E-state index is 12.7. The van der Waals surface area contributed by atoms with E-state index in [1.165, 1.54) is 0 Å². The topological polar surface area (TPSA) is 85.2 Å². The molecule has 0 atom stereocenters. The molecular weight excluding hydrogens is 273 g/mol. The third-order valence-corrected chi connectivity index (χ3v) is 3.46. The average molecular weight is 288 g/mol. The van der Waals surface area contributed by atoms with Gasteiger partial charge in [-0.1, -0.05) is 0 Å². The molecule has 1 fully saturated rings. The quantitative estimate of drug-likeness (QED) is 0.861. The van der Waals surface area contributed by atoms with Crippen molar-refractivity contribution in [2.45, 2.75) is 19.0 Å². The lowest BCUT2D eigenvalue weighted by Gasteiger charge is -2.33. The number of amides is 1. The number of rotatable bonds is 2. The van der Waals surface area contributed by atoms with Gasteiger partial charge in [0.1, 0.15) is 5.82 Å². The molecule has 110 valence electrons. The van der Waals surface area contributed by atoms with Gasteiger partial charge in [-0.2, -0.15) is 13.2 Å². The Labute approximate surface area is 113 Å². The molecule has 1 aliphatic rings. The van der Waals surface area contributed by atoms with Crippen molar-refractivity contribution in [3.63, 3.8) is 0 Å². The van der Waals surface area contributed by atoms with Crippen LogP contribution in [-0.4, -0.2) is 24.0 Å². The maximum Gasteiger partial charge on any atom is 0.417 e. The molecule has 1 aromatic heterocycles. The minimum absolute atomic E-state index is 0.0514. The number of primary amides is 1. The van der Waals surface area contributed by atoms with Crippen LogP contribution in [0.2, 0.25) is 0 Å². The number of pyridine rings is 1.